The molecular weight excluding hydrogens is 340 g/mol. The Balaban J connectivity index is 1.61. The molecule has 2 aliphatic rings. The molecule has 2 aromatic rings. The van der Waals surface area contributed by atoms with Crippen LogP contribution >= 0.6 is 0 Å². The van der Waals surface area contributed by atoms with Gasteiger partial charge in [0.1, 0.15) is 0 Å². The fourth-order valence-electron chi connectivity index (χ4n) is 5.39. The summed E-state index contributed by atoms with van der Waals surface area (Å²) in [6.07, 6.45) is 2.63. The van der Waals surface area contributed by atoms with Gasteiger partial charge >= 0.3 is 0 Å². The first-order chi connectivity index (χ1) is 13.6. The molecule has 2 unspecified atom stereocenters. The van der Waals surface area contributed by atoms with Gasteiger partial charge < -0.3 is 4.90 Å². The van der Waals surface area contributed by atoms with Crippen LogP contribution in [0.3, 0.4) is 0 Å². The van der Waals surface area contributed by atoms with E-state index in [1.807, 2.05) is 0 Å². The van der Waals surface area contributed by atoms with Crippen molar-refractivity contribution in [2.75, 3.05) is 32.7 Å². The smallest absolute Gasteiger partial charge is 0.0602 e. The molecule has 28 heavy (non-hydrogen) atoms. The number of hydrogen-bond acceptors (Lipinski definition) is 2. The van der Waals surface area contributed by atoms with Gasteiger partial charge in [-0.1, -0.05) is 87.9 Å². The van der Waals surface area contributed by atoms with Crippen LogP contribution < -0.4 is 0 Å². The first-order valence-electron chi connectivity index (χ1n) is 11.2. The van der Waals surface area contributed by atoms with Gasteiger partial charge in [-0.25, -0.2) is 0 Å². The number of likely N-dealkylation sites (tertiary alicyclic amines) is 2. The average Bonchev–Trinajstić information content (AvgIpc) is 2.69. The van der Waals surface area contributed by atoms with Gasteiger partial charge in [-0.2, -0.15) is 0 Å². The summed E-state index contributed by atoms with van der Waals surface area (Å²) >= 11 is 0. The van der Waals surface area contributed by atoms with Crippen molar-refractivity contribution in [1.82, 2.24) is 9.80 Å². The zero-order valence-corrected chi connectivity index (χ0v) is 17.8. The molecule has 2 atom stereocenters. The van der Waals surface area contributed by atoms with Gasteiger partial charge in [-0.15, -0.1) is 0 Å². The standard InChI is InChI=1S/C26H36N2/c1-4-5-16-27-17-23-19-28(20-24(18-27)26(23,2)3)25(21-12-8-6-9-13-21)22-14-10-7-11-15-22/h6-15,23-25H,4-5,16-20H2,1-3H3. The summed E-state index contributed by atoms with van der Waals surface area (Å²) < 4.78 is 0. The van der Waals surface area contributed by atoms with E-state index in [1.165, 1.54) is 56.7 Å². The minimum Gasteiger partial charge on any atom is -0.303 e. The van der Waals surface area contributed by atoms with Crippen LogP contribution in [0.4, 0.5) is 0 Å². The van der Waals surface area contributed by atoms with Crippen molar-refractivity contribution in [1.29, 1.82) is 0 Å². The monoisotopic (exact) mass is 376 g/mol. The van der Waals surface area contributed by atoms with Crippen molar-refractivity contribution in [3.05, 3.63) is 71.8 Å². The lowest BCUT2D eigenvalue weighted by Gasteiger charge is -2.57. The molecule has 0 saturated carbocycles. The lowest BCUT2D eigenvalue weighted by atomic mass is 9.63. The molecule has 2 heterocycles. The Labute approximate surface area is 171 Å². The maximum atomic E-state index is 2.78. The molecule has 2 nitrogen and oxygen atoms in total. The first kappa shape index (κ1) is 19.7. The Kier molecular flexibility index (Phi) is 5.89. The molecule has 150 valence electrons. The molecule has 2 aromatic carbocycles. The molecule has 2 saturated heterocycles. The Bertz CT molecular complexity index is 682. The van der Waals surface area contributed by atoms with Crippen LogP contribution in [0.25, 0.3) is 0 Å². The Morgan fingerprint density at radius 2 is 1.32 bits per heavy atom. The van der Waals surface area contributed by atoms with Crippen LogP contribution in [-0.4, -0.2) is 42.5 Å². The van der Waals surface area contributed by atoms with Crippen molar-refractivity contribution in [3.8, 4) is 0 Å². The number of rotatable bonds is 6. The van der Waals surface area contributed by atoms with E-state index in [4.69, 9.17) is 0 Å². The second kappa shape index (κ2) is 8.39. The van der Waals surface area contributed by atoms with Crippen LogP contribution in [0.2, 0.25) is 0 Å². The van der Waals surface area contributed by atoms with E-state index in [0.717, 1.165) is 11.8 Å². The summed E-state index contributed by atoms with van der Waals surface area (Å²) in [5.41, 5.74) is 3.29. The quantitative estimate of drug-likeness (QED) is 0.660. The Hall–Kier alpha value is -1.64. The predicted molar refractivity (Wildman–Crippen MR) is 118 cm³/mol. The number of nitrogens with zero attached hydrogens (tertiary/aromatic N) is 2. The van der Waals surface area contributed by atoms with E-state index < -0.39 is 0 Å². The van der Waals surface area contributed by atoms with Crippen LogP contribution in [0.15, 0.2) is 60.7 Å². The molecule has 0 amide bonds. The summed E-state index contributed by atoms with van der Waals surface area (Å²) in [6, 6.07) is 22.6. The van der Waals surface area contributed by atoms with E-state index in [-0.39, 0.29) is 0 Å². The molecule has 0 aromatic heterocycles. The molecule has 0 aliphatic carbocycles. The highest BCUT2D eigenvalue weighted by molar-refractivity contribution is 5.32. The normalized spacial score (nSPS) is 25.1. The van der Waals surface area contributed by atoms with Crippen molar-refractivity contribution >= 4 is 0 Å². The maximum Gasteiger partial charge on any atom is 0.0602 e. The van der Waals surface area contributed by atoms with Gasteiger partial charge in [0, 0.05) is 26.2 Å². The largest absolute Gasteiger partial charge is 0.303 e. The third kappa shape index (κ3) is 3.90. The van der Waals surface area contributed by atoms with Gasteiger partial charge in [0.2, 0.25) is 0 Å². The van der Waals surface area contributed by atoms with Crippen molar-refractivity contribution in [3.63, 3.8) is 0 Å². The SMILES string of the molecule is CCCCN1CC2CN(C(c3ccccc3)c3ccccc3)CC(C1)C2(C)C. The van der Waals surface area contributed by atoms with Crippen molar-refractivity contribution in [2.24, 2.45) is 17.3 Å². The van der Waals surface area contributed by atoms with Crippen molar-refractivity contribution in [2.45, 2.75) is 39.7 Å². The molecule has 2 bridgehead atoms. The second-order valence-electron chi connectivity index (χ2n) is 9.51. The summed E-state index contributed by atoms with van der Waals surface area (Å²) in [5.74, 6) is 1.48. The Morgan fingerprint density at radius 1 is 0.821 bits per heavy atom. The zero-order valence-electron chi connectivity index (χ0n) is 17.8. The third-order valence-corrected chi connectivity index (χ3v) is 7.40. The minimum absolute atomic E-state index is 0.366. The molecule has 2 fully saturated rings. The highest BCUT2D eigenvalue weighted by Crippen LogP contribution is 2.47. The summed E-state index contributed by atoms with van der Waals surface area (Å²) in [7, 11) is 0. The lowest BCUT2D eigenvalue weighted by Crippen LogP contribution is -2.61. The second-order valence-corrected chi connectivity index (χ2v) is 9.51. The molecule has 0 spiro atoms. The van der Waals surface area contributed by atoms with E-state index in [9.17, 15) is 0 Å². The number of piperidine rings is 2. The van der Waals surface area contributed by atoms with Crippen molar-refractivity contribution < 1.29 is 0 Å². The third-order valence-electron chi connectivity index (χ3n) is 7.40. The number of benzene rings is 2. The van der Waals surface area contributed by atoms with Gasteiger partial charge in [0.25, 0.3) is 0 Å². The molecule has 2 heteroatoms. The van der Waals surface area contributed by atoms with E-state index in [1.54, 1.807) is 0 Å². The zero-order chi connectivity index (χ0) is 19.6. The van der Waals surface area contributed by atoms with E-state index in [0.29, 0.717) is 11.5 Å². The van der Waals surface area contributed by atoms with Crippen LogP contribution in [0, 0.1) is 17.3 Å². The van der Waals surface area contributed by atoms with Crippen LogP contribution in [-0.2, 0) is 0 Å². The fourth-order valence-corrected chi connectivity index (χ4v) is 5.39. The van der Waals surface area contributed by atoms with E-state index >= 15 is 0 Å². The maximum absolute atomic E-state index is 2.78. The summed E-state index contributed by atoms with van der Waals surface area (Å²) in [4.78, 5) is 5.53. The highest BCUT2D eigenvalue weighted by Gasteiger charge is 2.48. The average molecular weight is 377 g/mol. The number of fused-ring (bicyclic) bond motifs is 2. The van der Waals surface area contributed by atoms with Gasteiger partial charge in [0.05, 0.1) is 6.04 Å². The van der Waals surface area contributed by atoms with Gasteiger partial charge in [-0.05, 0) is 41.3 Å². The summed E-state index contributed by atoms with van der Waals surface area (Å²) in [6.45, 7) is 13.5. The molecule has 0 N–H and O–H groups in total. The minimum atomic E-state index is 0.366. The molecule has 2 aliphatic heterocycles. The fraction of sp³-hybridized carbons (Fsp3) is 0.538. The lowest BCUT2D eigenvalue weighted by molar-refractivity contribution is -0.0796. The number of unbranched alkanes of at least 4 members (excludes halogenated alkanes) is 1. The van der Waals surface area contributed by atoms with Gasteiger partial charge in [0.15, 0.2) is 0 Å². The summed E-state index contributed by atoms with van der Waals surface area (Å²) in [5, 5.41) is 0. The van der Waals surface area contributed by atoms with Crippen LogP contribution in [0.1, 0.15) is 50.8 Å². The van der Waals surface area contributed by atoms with Gasteiger partial charge in [-0.3, -0.25) is 4.90 Å². The van der Waals surface area contributed by atoms with Crippen LogP contribution in [0.5, 0.6) is 0 Å². The Morgan fingerprint density at radius 3 is 1.79 bits per heavy atom. The topological polar surface area (TPSA) is 6.48 Å². The molecule has 4 rings (SSSR count). The molecule has 0 radical (unpaired) electrons. The highest BCUT2D eigenvalue weighted by atomic mass is 15.2. The number of hydrogen-bond donors (Lipinski definition) is 0. The first-order valence-corrected chi connectivity index (χ1v) is 11.2. The van der Waals surface area contributed by atoms with E-state index in [2.05, 4.69) is 91.2 Å². The predicted octanol–water partition coefficient (Wildman–Crippen LogP) is 5.47. The molecular formula is C26H36N2.